The highest BCUT2D eigenvalue weighted by Gasteiger charge is 2.28. The maximum absolute atomic E-state index is 12.4. The Labute approximate surface area is 237 Å². The van der Waals surface area contributed by atoms with Gasteiger partial charge in [-0.15, -0.1) is 0 Å². The number of nitrogens with zero attached hydrogens (tertiary/aromatic N) is 1. The Morgan fingerprint density at radius 1 is 1.00 bits per heavy atom. The minimum absolute atomic E-state index is 0. The Balaban J connectivity index is 0.00000308. The summed E-state index contributed by atoms with van der Waals surface area (Å²) in [6.07, 6.45) is 3.95. The quantitative estimate of drug-likeness (QED) is 0.249. The standard InChI is InChI=1S/C30H28N2O6.BrH/c1-34-22-8-6-21(7-9-22)31-29(33)4-3-13-36-30-24-17-32-12-11-20-15-27-28(38-18-37-27)16-23(20)25(32)14-19(24)5-10-26(30)35-2;/h5-10,14-17H,3-4,11-13,18H2,1-2H3;1H. The number of pyridine rings is 1. The Morgan fingerprint density at radius 3 is 2.56 bits per heavy atom. The molecule has 3 heterocycles. The molecular weight excluding hydrogens is 564 g/mol. The molecule has 0 saturated heterocycles. The molecule has 0 saturated carbocycles. The number of aryl methyl sites for hydroxylation is 2. The average Bonchev–Trinajstić information content (AvgIpc) is 3.41. The van der Waals surface area contributed by atoms with Crippen LogP contribution in [0.5, 0.6) is 28.7 Å². The van der Waals surface area contributed by atoms with E-state index >= 15 is 0 Å². The molecule has 202 valence electrons. The zero-order valence-electron chi connectivity index (χ0n) is 21.8. The van der Waals surface area contributed by atoms with Gasteiger partial charge >= 0.3 is 0 Å². The van der Waals surface area contributed by atoms with Crippen LogP contribution in [-0.2, 0) is 17.8 Å². The van der Waals surface area contributed by atoms with Gasteiger partial charge in [-0.2, -0.15) is 4.57 Å². The van der Waals surface area contributed by atoms with Crippen LogP contribution in [0.3, 0.4) is 0 Å². The number of aromatic nitrogens is 1. The van der Waals surface area contributed by atoms with Crippen molar-refractivity contribution in [2.45, 2.75) is 25.8 Å². The van der Waals surface area contributed by atoms with Crippen LogP contribution in [0.15, 0.2) is 60.8 Å². The number of carbonyl (C=O) groups excluding carboxylic acids is 1. The third kappa shape index (κ3) is 5.31. The molecule has 6 rings (SSSR count). The molecule has 9 heteroatoms. The minimum Gasteiger partial charge on any atom is -1.00 e. The highest BCUT2D eigenvalue weighted by atomic mass is 79.9. The predicted molar refractivity (Wildman–Crippen MR) is 142 cm³/mol. The van der Waals surface area contributed by atoms with E-state index in [1.807, 2.05) is 36.4 Å². The van der Waals surface area contributed by atoms with Gasteiger partial charge in [-0.05, 0) is 65.9 Å². The van der Waals surface area contributed by atoms with Gasteiger partial charge in [0.1, 0.15) is 5.75 Å². The molecule has 2 aliphatic rings. The van der Waals surface area contributed by atoms with Crippen molar-refractivity contribution in [1.29, 1.82) is 0 Å². The second kappa shape index (κ2) is 11.4. The number of rotatable bonds is 8. The summed E-state index contributed by atoms with van der Waals surface area (Å²) >= 11 is 0. The van der Waals surface area contributed by atoms with Gasteiger partial charge in [0.15, 0.2) is 35.7 Å². The molecule has 0 atom stereocenters. The molecule has 1 aromatic heterocycles. The smallest absolute Gasteiger partial charge is 0.231 e. The molecule has 8 nitrogen and oxygen atoms in total. The number of anilines is 1. The van der Waals surface area contributed by atoms with Crippen molar-refractivity contribution in [2.75, 3.05) is 32.9 Å². The van der Waals surface area contributed by atoms with Gasteiger partial charge in [0.25, 0.3) is 0 Å². The van der Waals surface area contributed by atoms with Crippen LogP contribution >= 0.6 is 0 Å². The topological polar surface area (TPSA) is 79.1 Å². The van der Waals surface area contributed by atoms with E-state index in [2.05, 4.69) is 34.3 Å². The van der Waals surface area contributed by atoms with Crippen LogP contribution in [0.25, 0.3) is 22.0 Å². The van der Waals surface area contributed by atoms with Crippen molar-refractivity contribution in [1.82, 2.24) is 0 Å². The van der Waals surface area contributed by atoms with Crippen LogP contribution in [0.2, 0.25) is 0 Å². The molecule has 1 N–H and O–H groups in total. The van der Waals surface area contributed by atoms with E-state index in [9.17, 15) is 4.79 Å². The summed E-state index contributed by atoms with van der Waals surface area (Å²) in [5, 5.41) is 4.93. The number of halogens is 1. The molecule has 0 spiro atoms. The zero-order chi connectivity index (χ0) is 26.1. The normalized spacial score (nSPS) is 12.7. The first kappa shape index (κ1) is 26.6. The maximum atomic E-state index is 12.4. The average molecular weight is 593 g/mol. The van der Waals surface area contributed by atoms with E-state index in [1.54, 1.807) is 14.2 Å². The third-order valence-electron chi connectivity index (χ3n) is 6.96. The Bertz CT molecular complexity index is 1520. The lowest BCUT2D eigenvalue weighted by Gasteiger charge is -2.18. The molecule has 2 aliphatic heterocycles. The summed E-state index contributed by atoms with van der Waals surface area (Å²) in [5.74, 6) is 3.64. The Morgan fingerprint density at radius 2 is 1.79 bits per heavy atom. The third-order valence-corrected chi connectivity index (χ3v) is 6.96. The van der Waals surface area contributed by atoms with E-state index in [0.717, 1.165) is 57.9 Å². The molecule has 0 aliphatic carbocycles. The molecule has 3 aromatic carbocycles. The van der Waals surface area contributed by atoms with Gasteiger partial charge in [-0.3, -0.25) is 4.79 Å². The van der Waals surface area contributed by atoms with Crippen LogP contribution in [0, 0.1) is 0 Å². The second-order valence-electron chi connectivity index (χ2n) is 9.29. The predicted octanol–water partition coefficient (Wildman–Crippen LogP) is 1.90. The zero-order valence-corrected chi connectivity index (χ0v) is 23.4. The number of benzene rings is 3. The number of fused-ring (bicyclic) bond motifs is 5. The first-order valence-electron chi connectivity index (χ1n) is 12.7. The van der Waals surface area contributed by atoms with Crippen molar-refractivity contribution in [3.05, 3.63) is 66.4 Å². The van der Waals surface area contributed by atoms with E-state index < -0.39 is 0 Å². The molecule has 1 amide bonds. The van der Waals surface area contributed by atoms with Gasteiger partial charge in [-0.25, -0.2) is 0 Å². The number of methoxy groups -OCH3 is 2. The summed E-state index contributed by atoms with van der Waals surface area (Å²) < 4.78 is 30.5. The Kier molecular flexibility index (Phi) is 7.79. The lowest BCUT2D eigenvalue weighted by Crippen LogP contribution is -3.00. The monoisotopic (exact) mass is 592 g/mol. The second-order valence-corrected chi connectivity index (χ2v) is 9.29. The fraction of sp³-hybridized carbons (Fsp3) is 0.267. The first-order valence-corrected chi connectivity index (χ1v) is 12.7. The summed E-state index contributed by atoms with van der Waals surface area (Å²) in [7, 11) is 3.25. The summed E-state index contributed by atoms with van der Waals surface area (Å²) in [5.41, 5.74) is 4.28. The minimum atomic E-state index is -0.0622. The summed E-state index contributed by atoms with van der Waals surface area (Å²) in [4.78, 5) is 12.4. The largest absolute Gasteiger partial charge is 1.00 e. The summed E-state index contributed by atoms with van der Waals surface area (Å²) in [6, 6.07) is 17.6. The van der Waals surface area contributed by atoms with Gasteiger partial charge in [-0.1, -0.05) is 0 Å². The molecule has 0 fully saturated rings. The van der Waals surface area contributed by atoms with Crippen LogP contribution in [0.4, 0.5) is 5.69 Å². The van der Waals surface area contributed by atoms with Crippen molar-refractivity contribution in [2.24, 2.45) is 0 Å². The van der Waals surface area contributed by atoms with Crippen molar-refractivity contribution >= 4 is 22.4 Å². The van der Waals surface area contributed by atoms with Crippen molar-refractivity contribution < 1.29 is 50.0 Å². The van der Waals surface area contributed by atoms with Gasteiger partial charge in [0, 0.05) is 24.6 Å². The molecule has 4 aromatic rings. The number of carbonyl (C=O) groups is 1. The molecule has 0 bridgehead atoms. The lowest BCUT2D eigenvalue weighted by atomic mass is 9.95. The Hall–Kier alpha value is -3.98. The molecule has 0 unspecified atom stereocenters. The van der Waals surface area contributed by atoms with E-state index in [0.29, 0.717) is 30.9 Å². The van der Waals surface area contributed by atoms with Crippen LogP contribution in [0.1, 0.15) is 18.4 Å². The SMILES string of the molecule is COc1ccc(NC(=O)CCCOc2c(OC)ccc3cc4[n+](cc23)CCc2cc3c(cc2-4)OCO3)cc1.[Br-]. The number of hydrogen-bond acceptors (Lipinski definition) is 6. The highest BCUT2D eigenvalue weighted by Crippen LogP contribution is 2.41. The van der Waals surface area contributed by atoms with E-state index in [-0.39, 0.29) is 29.7 Å². The molecule has 0 radical (unpaired) electrons. The first-order chi connectivity index (χ1) is 18.6. The van der Waals surface area contributed by atoms with E-state index in [1.165, 1.54) is 5.56 Å². The fourth-order valence-corrected chi connectivity index (χ4v) is 5.01. The number of ether oxygens (including phenoxy) is 5. The summed E-state index contributed by atoms with van der Waals surface area (Å²) in [6.45, 7) is 1.50. The van der Waals surface area contributed by atoms with Crippen LogP contribution in [-0.4, -0.2) is 33.5 Å². The fourth-order valence-electron chi connectivity index (χ4n) is 5.01. The lowest BCUT2D eigenvalue weighted by molar-refractivity contribution is -0.686. The van der Waals surface area contributed by atoms with Crippen LogP contribution < -0.4 is 50.5 Å². The molecule has 39 heavy (non-hydrogen) atoms. The number of amides is 1. The molecular formula is C30H29BrN2O6. The van der Waals surface area contributed by atoms with Gasteiger partial charge < -0.3 is 46.0 Å². The number of hydrogen-bond donors (Lipinski definition) is 1. The van der Waals surface area contributed by atoms with Gasteiger partial charge in [0.2, 0.25) is 18.4 Å². The number of nitrogens with one attached hydrogen (secondary N) is 1. The van der Waals surface area contributed by atoms with Crippen molar-refractivity contribution in [3.63, 3.8) is 0 Å². The highest BCUT2D eigenvalue weighted by molar-refractivity contribution is 5.92. The van der Waals surface area contributed by atoms with Gasteiger partial charge in [0.05, 0.1) is 31.8 Å². The van der Waals surface area contributed by atoms with E-state index in [4.69, 9.17) is 23.7 Å². The van der Waals surface area contributed by atoms with Crippen molar-refractivity contribution in [3.8, 4) is 40.0 Å². The maximum Gasteiger partial charge on any atom is 0.231 e.